The highest BCUT2D eigenvalue weighted by atomic mass is 16.5. The Kier molecular flexibility index (Phi) is 15.6. The Morgan fingerprint density at radius 3 is 2.22 bits per heavy atom. The van der Waals surface area contributed by atoms with E-state index in [2.05, 4.69) is 15.6 Å². The Bertz CT molecular complexity index is 1480. The number of amides is 3. The van der Waals surface area contributed by atoms with Crippen molar-refractivity contribution in [3.63, 3.8) is 0 Å². The van der Waals surface area contributed by atoms with Gasteiger partial charge >= 0.3 is 11.9 Å². The van der Waals surface area contributed by atoms with Crippen LogP contribution in [0.3, 0.4) is 0 Å². The zero-order chi connectivity index (χ0) is 37.8. The number of aliphatic carboxylic acids is 1. The molecule has 1 aromatic carbocycles. The number of piperidine rings is 1. The van der Waals surface area contributed by atoms with Crippen LogP contribution in [0.5, 0.6) is 0 Å². The van der Waals surface area contributed by atoms with Gasteiger partial charge in [0.25, 0.3) is 5.91 Å². The minimum atomic E-state index is -0.950. The summed E-state index contributed by atoms with van der Waals surface area (Å²) in [5.74, 6) is -3.28. The first-order chi connectivity index (χ1) is 24.1. The molecule has 1 aliphatic heterocycles. The van der Waals surface area contributed by atoms with Gasteiger partial charge in [-0.1, -0.05) is 77.4 Å². The number of carboxylic acid groups (broad SMARTS) is 1. The van der Waals surface area contributed by atoms with Crippen molar-refractivity contribution in [2.75, 3.05) is 20.6 Å². The van der Waals surface area contributed by atoms with Gasteiger partial charge in [0.05, 0.1) is 17.7 Å². The second kappa shape index (κ2) is 19.3. The van der Waals surface area contributed by atoms with Crippen molar-refractivity contribution in [1.82, 2.24) is 25.4 Å². The molecule has 0 unspecified atom stereocenters. The lowest BCUT2D eigenvalue weighted by Gasteiger charge is -2.38. The molecule has 2 heterocycles. The highest BCUT2D eigenvalue weighted by Crippen LogP contribution is 2.28. The van der Waals surface area contributed by atoms with E-state index < -0.39 is 48.0 Å². The lowest BCUT2D eigenvalue weighted by molar-refractivity contribution is -0.149. The van der Waals surface area contributed by atoms with E-state index >= 15 is 0 Å². The van der Waals surface area contributed by atoms with Crippen molar-refractivity contribution in [2.45, 2.75) is 110 Å². The first kappa shape index (κ1) is 41.1. The number of pyridine rings is 1. The van der Waals surface area contributed by atoms with Crippen molar-refractivity contribution in [3.05, 3.63) is 65.5 Å². The maximum absolute atomic E-state index is 14.1. The van der Waals surface area contributed by atoms with Crippen LogP contribution in [-0.4, -0.2) is 94.4 Å². The van der Waals surface area contributed by atoms with E-state index in [1.807, 2.05) is 70.0 Å². The molecule has 12 heteroatoms. The number of likely N-dealkylation sites (N-methyl/N-ethyl adjacent to an activating group) is 2. The predicted octanol–water partition coefficient (Wildman–Crippen LogP) is 4.64. The van der Waals surface area contributed by atoms with Crippen molar-refractivity contribution in [1.29, 1.82) is 0 Å². The Labute approximate surface area is 302 Å². The predicted molar refractivity (Wildman–Crippen MR) is 195 cm³/mol. The molecule has 3 amide bonds. The van der Waals surface area contributed by atoms with Gasteiger partial charge in [0, 0.05) is 32.5 Å². The summed E-state index contributed by atoms with van der Waals surface area (Å²) in [6.45, 7) is 11.5. The number of esters is 1. The van der Waals surface area contributed by atoms with Gasteiger partial charge in [-0.2, -0.15) is 0 Å². The highest BCUT2D eigenvalue weighted by molar-refractivity contribution is 5.92. The SMILES string of the molecule is CC(=O)O[C@H](C[C@H](C(C)C)N(C)C(=O)[C@@H](NC(=O)[C@H]1CCCCN1C)C(C)C)c1cccc(C(=O)N[C@@H](Cc2ccccc2)C[C@H](C)C(=O)O)n1. The van der Waals surface area contributed by atoms with Crippen LogP contribution < -0.4 is 10.6 Å². The zero-order valence-corrected chi connectivity index (χ0v) is 31.4. The van der Waals surface area contributed by atoms with Crippen LogP contribution in [-0.2, 0) is 30.3 Å². The largest absolute Gasteiger partial charge is 0.481 e. The fraction of sp³-hybridized carbons (Fsp3) is 0.590. The zero-order valence-electron chi connectivity index (χ0n) is 31.4. The van der Waals surface area contributed by atoms with Crippen LogP contribution in [0.15, 0.2) is 48.5 Å². The minimum absolute atomic E-state index is 0.0635. The van der Waals surface area contributed by atoms with Crippen LogP contribution in [0.1, 0.15) is 101 Å². The second-order valence-electron chi connectivity index (χ2n) is 14.6. The average Bonchev–Trinajstić information content (AvgIpc) is 3.08. The molecule has 3 rings (SSSR count). The van der Waals surface area contributed by atoms with E-state index in [0.717, 1.165) is 31.4 Å². The number of carbonyl (C=O) groups excluding carboxylic acids is 4. The number of carboxylic acids is 1. The lowest BCUT2D eigenvalue weighted by atomic mass is 9.93. The van der Waals surface area contributed by atoms with Gasteiger partial charge in [-0.15, -0.1) is 0 Å². The first-order valence-corrected chi connectivity index (χ1v) is 18.1. The summed E-state index contributed by atoms with van der Waals surface area (Å²) in [6, 6.07) is 12.5. The van der Waals surface area contributed by atoms with Crippen molar-refractivity contribution in [3.8, 4) is 0 Å². The third kappa shape index (κ3) is 12.2. The summed E-state index contributed by atoms with van der Waals surface area (Å²) in [4.78, 5) is 73.2. The number of hydrogen-bond acceptors (Lipinski definition) is 8. The van der Waals surface area contributed by atoms with Gasteiger partial charge in [-0.25, -0.2) is 4.98 Å². The van der Waals surface area contributed by atoms with Crippen LogP contribution in [0.2, 0.25) is 0 Å². The molecule has 280 valence electrons. The van der Waals surface area contributed by atoms with Crippen LogP contribution in [0, 0.1) is 17.8 Å². The molecular weight excluding hydrogens is 650 g/mol. The number of benzene rings is 1. The van der Waals surface area contributed by atoms with E-state index in [9.17, 15) is 29.1 Å². The van der Waals surface area contributed by atoms with Gasteiger partial charge in [-0.05, 0) is 68.8 Å². The van der Waals surface area contributed by atoms with Crippen molar-refractivity contribution < 1.29 is 33.8 Å². The third-order valence-corrected chi connectivity index (χ3v) is 9.73. The maximum atomic E-state index is 14.1. The number of hydrogen-bond donors (Lipinski definition) is 3. The molecular formula is C39H57N5O7. The van der Waals surface area contributed by atoms with E-state index in [1.54, 1.807) is 37.1 Å². The standard InChI is InChI=1S/C39H57N5O7/c1-24(2)33(44(8)38(48)35(25(3)4)42-37(47)32-19-12-13-20-43(32)7)23-34(51-27(6)45)30-17-14-18-31(41-30)36(46)40-29(21-26(5)39(49)50)22-28-15-10-9-11-16-28/h9-11,14-18,24-26,29,32-35H,12-13,19-23H2,1-8H3,(H,40,46)(H,42,47)(H,49,50)/t26-,29+,32+,33+,34+,35-/m0/s1. The molecule has 0 bridgehead atoms. The topological polar surface area (TPSA) is 158 Å². The van der Waals surface area contributed by atoms with Gasteiger partial charge < -0.3 is 25.4 Å². The van der Waals surface area contributed by atoms with Gasteiger partial charge in [0.1, 0.15) is 17.8 Å². The molecule has 6 atom stereocenters. The van der Waals surface area contributed by atoms with Crippen molar-refractivity contribution in [2.24, 2.45) is 17.8 Å². The Morgan fingerprint density at radius 1 is 0.941 bits per heavy atom. The molecule has 1 aliphatic rings. The molecule has 0 aliphatic carbocycles. The molecule has 12 nitrogen and oxygen atoms in total. The molecule has 0 spiro atoms. The monoisotopic (exact) mass is 707 g/mol. The highest BCUT2D eigenvalue weighted by Gasteiger charge is 2.36. The Balaban J connectivity index is 1.83. The number of nitrogens with zero attached hydrogens (tertiary/aromatic N) is 3. The number of aromatic nitrogens is 1. The minimum Gasteiger partial charge on any atom is -0.481 e. The number of rotatable bonds is 17. The van der Waals surface area contributed by atoms with Gasteiger partial charge in [0.2, 0.25) is 11.8 Å². The summed E-state index contributed by atoms with van der Waals surface area (Å²) in [7, 11) is 3.63. The fourth-order valence-corrected chi connectivity index (χ4v) is 6.71. The molecule has 1 fully saturated rings. The van der Waals surface area contributed by atoms with E-state index in [-0.39, 0.29) is 48.2 Å². The molecule has 0 saturated carbocycles. The van der Waals surface area contributed by atoms with Crippen LogP contribution >= 0.6 is 0 Å². The quantitative estimate of drug-likeness (QED) is 0.199. The number of nitrogens with one attached hydrogen (secondary N) is 2. The van der Waals surface area contributed by atoms with E-state index in [4.69, 9.17) is 4.74 Å². The first-order valence-electron chi connectivity index (χ1n) is 18.1. The molecule has 0 radical (unpaired) electrons. The third-order valence-electron chi connectivity index (χ3n) is 9.73. The average molecular weight is 708 g/mol. The van der Waals surface area contributed by atoms with Gasteiger partial charge in [-0.3, -0.25) is 28.9 Å². The van der Waals surface area contributed by atoms with Crippen LogP contribution in [0.25, 0.3) is 0 Å². The maximum Gasteiger partial charge on any atom is 0.306 e. The lowest BCUT2D eigenvalue weighted by Crippen LogP contribution is -2.57. The summed E-state index contributed by atoms with van der Waals surface area (Å²) in [5, 5.41) is 15.5. The van der Waals surface area contributed by atoms with E-state index in [0.29, 0.717) is 12.1 Å². The smallest absolute Gasteiger partial charge is 0.306 e. The number of likely N-dealkylation sites (tertiary alicyclic amines) is 1. The number of ether oxygens (including phenoxy) is 1. The molecule has 51 heavy (non-hydrogen) atoms. The normalized spacial score (nSPS) is 17.9. The Morgan fingerprint density at radius 2 is 1.63 bits per heavy atom. The second-order valence-corrected chi connectivity index (χ2v) is 14.6. The molecule has 1 saturated heterocycles. The summed E-state index contributed by atoms with van der Waals surface area (Å²) < 4.78 is 5.77. The number of carbonyl (C=O) groups is 5. The summed E-state index contributed by atoms with van der Waals surface area (Å²) in [6.07, 6.45) is 2.73. The van der Waals surface area contributed by atoms with Gasteiger partial charge in [0.15, 0.2) is 0 Å². The molecule has 1 aromatic heterocycles. The summed E-state index contributed by atoms with van der Waals surface area (Å²) >= 11 is 0. The summed E-state index contributed by atoms with van der Waals surface area (Å²) in [5.41, 5.74) is 1.39. The van der Waals surface area contributed by atoms with Crippen LogP contribution in [0.4, 0.5) is 0 Å². The Hall–Kier alpha value is -4.32. The van der Waals surface area contributed by atoms with E-state index in [1.165, 1.54) is 6.92 Å². The fourth-order valence-electron chi connectivity index (χ4n) is 6.71. The molecule has 3 N–H and O–H groups in total. The van der Waals surface area contributed by atoms with Crippen molar-refractivity contribution >= 4 is 29.7 Å². The molecule has 2 aromatic rings.